The molecule has 1 rings (SSSR count). The first-order chi connectivity index (χ1) is 9.42. The quantitative estimate of drug-likeness (QED) is 0.557. The molecule has 0 aromatic carbocycles. The molecular weight excluding hydrogens is 288 g/mol. The number of carboxylic acid groups (broad SMARTS) is 1. The third kappa shape index (κ3) is 6.31. The molecule has 0 unspecified atom stereocenters. The van der Waals surface area contributed by atoms with Crippen molar-refractivity contribution in [2.24, 2.45) is 0 Å². The van der Waals surface area contributed by atoms with Crippen molar-refractivity contribution < 1.29 is 27.9 Å². The van der Waals surface area contributed by atoms with Gasteiger partial charge in [0.25, 0.3) is 0 Å². The number of amides is 1. The first-order valence-corrected chi connectivity index (χ1v) is 8.07. The van der Waals surface area contributed by atoms with Gasteiger partial charge < -0.3 is 15.2 Å². The van der Waals surface area contributed by atoms with Crippen LogP contribution in [0, 0.1) is 0 Å². The van der Waals surface area contributed by atoms with Gasteiger partial charge in [-0.15, -0.1) is 0 Å². The van der Waals surface area contributed by atoms with Crippen LogP contribution in [0.3, 0.4) is 0 Å². The fourth-order valence-electron chi connectivity index (χ4n) is 1.73. The Hall–Kier alpha value is -1.19. The summed E-state index contributed by atoms with van der Waals surface area (Å²) in [7, 11) is -3.42. The molecule has 1 aliphatic heterocycles. The van der Waals surface area contributed by atoms with Gasteiger partial charge >= 0.3 is 5.97 Å². The van der Waals surface area contributed by atoms with Crippen molar-refractivity contribution in [1.82, 2.24) is 9.62 Å². The number of carbonyl (C=O) groups is 2. The van der Waals surface area contributed by atoms with E-state index in [-0.39, 0.29) is 31.0 Å². The molecule has 0 aromatic heterocycles. The summed E-state index contributed by atoms with van der Waals surface area (Å²) in [6.07, 6.45) is 0.191. The number of hydrogen-bond donors (Lipinski definition) is 2. The topological polar surface area (TPSA) is 113 Å². The van der Waals surface area contributed by atoms with Crippen molar-refractivity contribution >= 4 is 21.9 Å². The number of hydrogen-bond acceptors (Lipinski definition) is 5. The number of sulfonamides is 1. The van der Waals surface area contributed by atoms with Crippen molar-refractivity contribution in [2.45, 2.75) is 19.3 Å². The Morgan fingerprint density at radius 2 is 1.85 bits per heavy atom. The summed E-state index contributed by atoms with van der Waals surface area (Å²) in [6, 6.07) is 0. The first-order valence-electron chi connectivity index (χ1n) is 6.46. The molecule has 0 atom stereocenters. The molecule has 0 bridgehead atoms. The first kappa shape index (κ1) is 16.9. The molecule has 0 saturated carbocycles. The minimum atomic E-state index is -3.42. The molecular formula is C11H20N2O6S. The molecule has 20 heavy (non-hydrogen) atoms. The zero-order chi connectivity index (χ0) is 15.0. The fraction of sp³-hybridized carbons (Fsp3) is 0.818. The van der Waals surface area contributed by atoms with E-state index in [0.29, 0.717) is 32.7 Å². The molecule has 116 valence electrons. The van der Waals surface area contributed by atoms with Crippen LogP contribution in [0.15, 0.2) is 0 Å². The maximum Gasteiger partial charge on any atom is 0.303 e. The molecule has 1 aliphatic rings. The van der Waals surface area contributed by atoms with Gasteiger partial charge in [-0.3, -0.25) is 9.59 Å². The van der Waals surface area contributed by atoms with Crippen molar-refractivity contribution in [3.8, 4) is 0 Å². The Bertz CT molecular complexity index is 430. The van der Waals surface area contributed by atoms with Crippen LogP contribution in [0.4, 0.5) is 0 Å². The minimum Gasteiger partial charge on any atom is -0.481 e. The van der Waals surface area contributed by atoms with Gasteiger partial charge in [-0.25, -0.2) is 8.42 Å². The van der Waals surface area contributed by atoms with E-state index < -0.39 is 16.0 Å². The van der Waals surface area contributed by atoms with E-state index in [0.717, 1.165) is 0 Å². The maximum absolute atomic E-state index is 11.9. The van der Waals surface area contributed by atoms with Gasteiger partial charge in [0.15, 0.2) is 0 Å². The third-order valence-electron chi connectivity index (χ3n) is 2.84. The Labute approximate surface area is 118 Å². The van der Waals surface area contributed by atoms with Gasteiger partial charge in [0.05, 0.1) is 19.0 Å². The van der Waals surface area contributed by atoms with Crippen molar-refractivity contribution in [2.75, 3.05) is 38.6 Å². The van der Waals surface area contributed by atoms with Gasteiger partial charge in [-0.05, 0) is 6.42 Å². The average Bonchev–Trinajstić information content (AvgIpc) is 2.42. The summed E-state index contributed by atoms with van der Waals surface area (Å²) in [4.78, 5) is 21.7. The van der Waals surface area contributed by atoms with Crippen LogP contribution in [0.5, 0.6) is 0 Å². The molecule has 0 aromatic rings. The minimum absolute atomic E-state index is 0.0215. The van der Waals surface area contributed by atoms with E-state index in [1.54, 1.807) is 0 Å². The van der Waals surface area contributed by atoms with E-state index in [1.807, 2.05) is 0 Å². The predicted octanol–water partition coefficient (Wildman–Crippen LogP) is -0.980. The predicted molar refractivity (Wildman–Crippen MR) is 70.7 cm³/mol. The van der Waals surface area contributed by atoms with Crippen LogP contribution < -0.4 is 5.32 Å². The monoisotopic (exact) mass is 308 g/mol. The molecule has 0 aliphatic carbocycles. The van der Waals surface area contributed by atoms with E-state index in [1.165, 1.54) is 4.31 Å². The van der Waals surface area contributed by atoms with Crippen LogP contribution in [0.1, 0.15) is 19.3 Å². The Morgan fingerprint density at radius 3 is 2.45 bits per heavy atom. The normalized spacial score (nSPS) is 16.8. The Morgan fingerprint density at radius 1 is 1.20 bits per heavy atom. The molecule has 1 fully saturated rings. The number of carboxylic acids is 1. The molecule has 0 spiro atoms. The standard InChI is InChI=1S/C11H20N2O6S/c14-10(12-4-1-2-11(15)16)3-9-20(17,18)13-5-7-19-8-6-13/h1-9H2,(H,12,14)(H,15,16). The highest BCUT2D eigenvalue weighted by atomic mass is 32.2. The number of carbonyl (C=O) groups excluding carboxylic acids is 1. The zero-order valence-corrected chi connectivity index (χ0v) is 12.0. The van der Waals surface area contributed by atoms with Gasteiger partial charge in [-0.1, -0.05) is 0 Å². The van der Waals surface area contributed by atoms with E-state index in [4.69, 9.17) is 9.84 Å². The SMILES string of the molecule is O=C(O)CCCNC(=O)CCS(=O)(=O)N1CCOCC1. The highest BCUT2D eigenvalue weighted by Crippen LogP contribution is 2.06. The van der Waals surface area contributed by atoms with Crippen LogP contribution in [0.25, 0.3) is 0 Å². The lowest BCUT2D eigenvalue weighted by molar-refractivity contribution is -0.137. The summed E-state index contributed by atoms with van der Waals surface area (Å²) in [6.45, 7) is 1.63. The van der Waals surface area contributed by atoms with Gasteiger partial charge in [0.1, 0.15) is 0 Å². The van der Waals surface area contributed by atoms with Gasteiger partial charge in [-0.2, -0.15) is 4.31 Å². The Balaban J connectivity index is 2.23. The summed E-state index contributed by atoms with van der Waals surface area (Å²) in [5.74, 6) is -1.54. The fourth-order valence-corrected chi connectivity index (χ4v) is 3.14. The summed E-state index contributed by atoms with van der Waals surface area (Å²) >= 11 is 0. The number of aliphatic carboxylic acids is 1. The number of nitrogens with zero attached hydrogens (tertiary/aromatic N) is 1. The molecule has 1 amide bonds. The second kappa shape index (κ2) is 8.18. The Kier molecular flexibility index (Phi) is 6.89. The molecule has 2 N–H and O–H groups in total. The number of nitrogens with one attached hydrogen (secondary N) is 1. The highest BCUT2D eigenvalue weighted by molar-refractivity contribution is 7.89. The maximum atomic E-state index is 11.9. The average molecular weight is 308 g/mol. The largest absolute Gasteiger partial charge is 0.481 e. The molecule has 0 radical (unpaired) electrons. The second-order valence-electron chi connectivity index (χ2n) is 4.42. The lowest BCUT2D eigenvalue weighted by Gasteiger charge is -2.25. The van der Waals surface area contributed by atoms with Crippen molar-refractivity contribution in [3.63, 3.8) is 0 Å². The zero-order valence-electron chi connectivity index (χ0n) is 11.2. The lowest BCUT2D eigenvalue weighted by atomic mass is 10.3. The smallest absolute Gasteiger partial charge is 0.303 e. The number of ether oxygens (including phenoxy) is 1. The van der Waals surface area contributed by atoms with Crippen molar-refractivity contribution in [3.05, 3.63) is 0 Å². The summed E-state index contributed by atoms with van der Waals surface area (Å²) in [5.41, 5.74) is 0. The number of rotatable bonds is 8. The number of morpholine rings is 1. The van der Waals surface area contributed by atoms with Crippen LogP contribution in [0.2, 0.25) is 0 Å². The van der Waals surface area contributed by atoms with Gasteiger partial charge in [0.2, 0.25) is 15.9 Å². The third-order valence-corrected chi connectivity index (χ3v) is 4.71. The van der Waals surface area contributed by atoms with Crippen LogP contribution >= 0.6 is 0 Å². The van der Waals surface area contributed by atoms with Crippen molar-refractivity contribution in [1.29, 1.82) is 0 Å². The molecule has 1 saturated heterocycles. The van der Waals surface area contributed by atoms with E-state index >= 15 is 0 Å². The lowest BCUT2D eigenvalue weighted by Crippen LogP contribution is -2.42. The molecule has 8 nitrogen and oxygen atoms in total. The van der Waals surface area contributed by atoms with E-state index in [2.05, 4.69) is 5.32 Å². The second-order valence-corrected chi connectivity index (χ2v) is 6.51. The molecule has 1 heterocycles. The van der Waals surface area contributed by atoms with Crippen LogP contribution in [-0.4, -0.2) is 68.3 Å². The van der Waals surface area contributed by atoms with E-state index in [9.17, 15) is 18.0 Å². The summed E-state index contributed by atoms with van der Waals surface area (Å²) in [5, 5.41) is 10.9. The highest BCUT2D eigenvalue weighted by Gasteiger charge is 2.24. The van der Waals surface area contributed by atoms with Gasteiger partial charge in [0, 0.05) is 32.5 Å². The molecule has 9 heteroatoms. The van der Waals surface area contributed by atoms with Crippen LogP contribution in [-0.2, 0) is 24.3 Å². The summed E-state index contributed by atoms with van der Waals surface area (Å²) < 4.78 is 30.2.